The van der Waals surface area contributed by atoms with Gasteiger partial charge >= 0.3 is 0 Å². The van der Waals surface area contributed by atoms with E-state index in [2.05, 4.69) is 4.98 Å². The molecule has 13 nitrogen and oxygen atoms in total. The predicted octanol–water partition coefficient (Wildman–Crippen LogP) is 1.50. The zero-order valence-corrected chi connectivity index (χ0v) is 20.1. The molecular weight excluding hydrogens is 514 g/mol. The molecule has 3 aromatic rings. The Bertz CT molecular complexity index is 1420. The Kier molecular flexibility index (Phi) is 7.78. The van der Waals surface area contributed by atoms with Crippen molar-refractivity contribution in [1.29, 1.82) is 0 Å². The van der Waals surface area contributed by atoms with Crippen molar-refractivity contribution in [3.05, 3.63) is 98.3 Å². The van der Waals surface area contributed by atoms with E-state index in [0.29, 0.717) is 0 Å². The molecule has 0 aliphatic rings. The SMILES string of the molecule is NC(Cc1cccc(CC(N)S(=O)(=O)c2ccccc2[N+](=O)[O-])n1)S(=O)(=O)c1ccccc1[N+](=O)[O-]. The van der Waals surface area contributed by atoms with Gasteiger partial charge in [-0.15, -0.1) is 0 Å². The highest BCUT2D eigenvalue weighted by Crippen LogP contribution is 2.28. The number of aromatic nitrogens is 1. The summed E-state index contributed by atoms with van der Waals surface area (Å²) in [5.74, 6) is 0. The normalized spacial score (nSPS) is 13.6. The van der Waals surface area contributed by atoms with Gasteiger partial charge in [0.05, 0.1) is 9.85 Å². The molecule has 4 N–H and O–H groups in total. The molecule has 0 radical (unpaired) electrons. The second-order valence-corrected chi connectivity index (χ2v) is 11.9. The molecule has 190 valence electrons. The van der Waals surface area contributed by atoms with Gasteiger partial charge in [-0.25, -0.2) is 16.8 Å². The van der Waals surface area contributed by atoms with Gasteiger partial charge < -0.3 is 11.5 Å². The van der Waals surface area contributed by atoms with Crippen LogP contribution in [0, 0.1) is 20.2 Å². The molecule has 0 spiro atoms. The van der Waals surface area contributed by atoms with E-state index in [-0.39, 0.29) is 24.2 Å². The highest BCUT2D eigenvalue weighted by Gasteiger charge is 2.33. The van der Waals surface area contributed by atoms with Gasteiger partial charge in [0.25, 0.3) is 11.4 Å². The van der Waals surface area contributed by atoms with Crippen molar-refractivity contribution < 1.29 is 26.7 Å². The number of hydrogen-bond donors (Lipinski definition) is 2. The Labute approximate surface area is 205 Å². The monoisotopic (exact) mass is 535 g/mol. The number of benzene rings is 2. The van der Waals surface area contributed by atoms with E-state index >= 15 is 0 Å². The summed E-state index contributed by atoms with van der Waals surface area (Å²) in [4.78, 5) is 24.0. The molecule has 0 saturated heterocycles. The molecule has 0 aliphatic carbocycles. The smallest absolute Gasteiger partial charge is 0.288 e. The average Bonchev–Trinajstić information content (AvgIpc) is 2.84. The molecular formula is C21H21N5O8S2. The predicted molar refractivity (Wildman–Crippen MR) is 128 cm³/mol. The molecule has 0 amide bonds. The molecule has 15 heteroatoms. The van der Waals surface area contributed by atoms with Crippen LogP contribution < -0.4 is 11.5 Å². The van der Waals surface area contributed by atoms with E-state index in [1.165, 1.54) is 42.5 Å². The minimum absolute atomic E-state index is 0.178. The van der Waals surface area contributed by atoms with Crippen molar-refractivity contribution in [2.45, 2.75) is 33.4 Å². The molecule has 2 aromatic carbocycles. The van der Waals surface area contributed by atoms with Gasteiger partial charge in [0, 0.05) is 36.4 Å². The van der Waals surface area contributed by atoms with Crippen LogP contribution in [-0.2, 0) is 32.5 Å². The topological polar surface area (TPSA) is 219 Å². The number of nitrogens with zero attached hydrogens (tertiary/aromatic N) is 3. The Morgan fingerprint density at radius 1 is 0.667 bits per heavy atom. The summed E-state index contributed by atoms with van der Waals surface area (Å²) in [7, 11) is -8.62. The van der Waals surface area contributed by atoms with Gasteiger partial charge in [0.15, 0.2) is 0 Å². The Balaban J connectivity index is 1.83. The third-order valence-electron chi connectivity index (χ3n) is 5.22. The zero-order valence-electron chi connectivity index (χ0n) is 18.5. The van der Waals surface area contributed by atoms with Crippen molar-refractivity contribution in [3.8, 4) is 0 Å². The van der Waals surface area contributed by atoms with Crippen molar-refractivity contribution in [2.24, 2.45) is 11.5 Å². The van der Waals surface area contributed by atoms with Crippen LogP contribution in [-0.4, -0.2) is 42.4 Å². The first kappa shape index (κ1) is 26.8. The third kappa shape index (κ3) is 5.54. The van der Waals surface area contributed by atoms with Crippen LogP contribution >= 0.6 is 0 Å². The zero-order chi connectivity index (χ0) is 26.7. The summed E-state index contributed by atoms with van der Waals surface area (Å²) in [6, 6.07) is 14.0. The van der Waals surface area contributed by atoms with E-state index < -0.39 is 61.4 Å². The molecule has 0 saturated carbocycles. The minimum Gasteiger partial charge on any atom is -0.315 e. The van der Waals surface area contributed by atoms with Crippen LogP contribution in [0.25, 0.3) is 0 Å². The van der Waals surface area contributed by atoms with Crippen molar-refractivity contribution in [3.63, 3.8) is 0 Å². The summed E-state index contributed by atoms with van der Waals surface area (Å²) >= 11 is 0. The van der Waals surface area contributed by atoms with Gasteiger partial charge in [0.2, 0.25) is 19.7 Å². The number of nitrogens with two attached hydrogens (primary N) is 2. The standard InChI is InChI=1S/C21H21N5O8S2/c22-20(35(31,32)18-10-3-1-8-16(18)25(27)28)12-14-6-5-7-15(24-14)13-21(23)36(33,34)19-11-4-2-9-17(19)26(29)30/h1-11,20-21H,12-13,22-23H2. The molecule has 2 unspecified atom stereocenters. The summed E-state index contributed by atoms with van der Waals surface area (Å²) < 4.78 is 51.6. The number of rotatable bonds is 10. The number of sulfone groups is 2. The van der Waals surface area contributed by atoms with E-state index in [1.807, 2.05) is 0 Å². The van der Waals surface area contributed by atoms with Crippen LogP contribution in [0.2, 0.25) is 0 Å². The van der Waals surface area contributed by atoms with Gasteiger partial charge in [-0.1, -0.05) is 30.3 Å². The second-order valence-electron chi connectivity index (χ2n) is 7.65. The molecule has 1 aromatic heterocycles. The quantitative estimate of drug-likeness (QED) is 0.280. The fourth-order valence-electron chi connectivity index (χ4n) is 3.41. The van der Waals surface area contributed by atoms with Crippen LogP contribution in [0.1, 0.15) is 11.4 Å². The van der Waals surface area contributed by atoms with Crippen molar-refractivity contribution in [1.82, 2.24) is 4.98 Å². The molecule has 1 heterocycles. The minimum atomic E-state index is -4.31. The molecule has 3 rings (SSSR count). The lowest BCUT2D eigenvalue weighted by Gasteiger charge is -2.15. The van der Waals surface area contributed by atoms with Crippen LogP contribution in [0.5, 0.6) is 0 Å². The molecule has 2 atom stereocenters. The Hall–Kier alpha value is -3.79. The van der Waals surface area contributed by atoms with Gasteiger partial charge in [0.1, 0.15) is 20.5 Å². The fourth-order valence-corrected chi connectivity index (χ4v) is 6.25. The molecule has 0 bridgehead atoms. The highest BCUT2D eigenvalue weighted by atomic mass is 32.2. The molecule has 36 heavy (non-hydrogen) atoms. The number of hydrogen-bond acceptors (Lipinski definition) is 11. The maximum Gasteiger partial charge on any atom is 0.288 e. The number of pyridine rings is 1. The lowest BCUT2D eigenvalue weighted by atomic mass is 10.2. The highest BCUT2D eigenvalue weighted by molar-refractivity contribution is 7.92. The van der Waals surface area contributed by atoms with E-state index in [1.54, 1.807) is 0 Å². The van der Waals surface area contributed by atoms with Crippen LogP contribution in [0.15, 0.2) is 76.5 Å². The second kappa shape index (κ2) is 10.4. The molecule has 0 aliphatic heterocycles. The first-order chi connectivity index (χ1) is 16.9. The lowest BCUT2D eigenvalue weighted by Crippen LogP contribution is -2.34. The molecule has 0 fully saturated rings. The summed E-state index contributed by atoms with van der Waals surface area (Å²) in [6.45, 7) is 0. The third-order valence-corrected chi connectivity index (χ3v) is 9.06. The van der Waals surface area contributed by atoms with Crippen molar-refractivity contribution in [2.75, 3.05) is 0 Å². The largest absolute Gasteiger partial charge is 0.315 e. The average molecular weight is 536 g/mol. The summed E-state index contributed by atoms with van der Waals surface area (Å²) in [6.07, 6.45) is -0.650. The number of para-hydroxylation sites is 2. The number of nitro groups is 2. The van der Waals surface area contributed by atoms with Gasteiger partial charge in [-0.3, -0.25) is 25.2 Å². The lowest BCUT2D eigenvalue weighted by molar-refractivity contribution is -0.388. The summed E-state index contributed by atoms with van der Waals surface area (Å²) in [5, 5.41) is 19.3. The van der Waals surface area contributed by atoms with E-state index in [9.17, 15) is 37.1 Å². The van der Waals surface area contributed by atoms with Gasteiger partial charge in [-0.05, 0) is 24.3 Å². The fraction of sp³-hybridized carbons (Fsp3) is 0.190. The Morgan fingerprint density at radius 3 is 1.39 bits per heavy atom. The van der Waals surface area contributed by atoms with Gasteiger partial charge in [-0.2, -0.15) is 0 Å². The van der Waals surface area contributed by atoms with E-state index in [4.69, 9.17) is 11.5 Å². The van der Waals surface area contributed by atoms with Crippen molar-refractivity contribution >= 4 is 31.0 Å². The first-order valence-electron chi connectivity index (χ1n) is 10.3. The Morgan fingerprint density at radius 2 is 1.03 bits per heavy atom. The van der Waals surface area contributed by atoms with Crippen LogP contribution in [0.4, 0.5) is 11.4 Å². The van der Waals surface area contributed by atoms with E-state index in [0.717, 1.165) is 24.3 Å². The maximum absolute atomic E-state index is 12.9. The summed E-state index contributed by atoms with van der Waals surface area (Å²) in [5.41, 5.74) is 10.9. The number of nitro benzene ring substituents is 2. The van der Waals surface area contributed by atoms with Crippen LogP contribution in [0.3, 0.4) is 0 Å². The first-order valence-corrected chi connectivity index (χ1v) is 13.4. The maximum atomic E-state index is 12.9.